The Morgan fingerprint density at radius 3 is 1.78 bits per heavy atom. The SMILES string of the molecule is COC[C@@H](OC(C)=O)[C@@H](OC)[C@H](OC(C)=O)[C@@H](C#N)OC(C)=O. The number of carbonyl (C=O) groups is 3. The lowest BCUT2D eigenvalue weighted by molar-refractivity contribution is -0.189. The second kappa shape index (κ2) is 10.5. The summed E-state index contributed by atoms with van der Waals surface area (Å²) in [6, 6.07) is 1.72. The molecular weight excluding hydrogens is 310 g/mol. The van der Waals surface area contributed by atoms with Crippen molar-refractivity contribution in [1.82, 2.24) is 0 Å². The molecule has 0 aliphatic carbocycles. The van der Waals surface area contributed by atoms with Crippen LogP contribution in [0.15, 0.2) is 0 Å². The van der Waals surface area contributed by atoms with E-state index in [9.17, 15) is 19.6 Å². The van der Waals surface area contributed by atoms with Crippen LogP contribution < -0.4 is 0 Å². The van der Waals surface area contributed by atoms with Gasteiger partial charge in [-0.3, -0.25) is 14.4 Å². The van der Waals surface area contributed by atoms with Gasteiger partial charge >= 0.3 is 17.9 Å². The summed E-state index contributed by atoms with van der Waals surface area (Å²) in [4.78, 5) is 33.7. The van der Waals surface area contributed by atoms with Crippen molar-refractivity contribution in [2.24, 2.45) is 0 Å². The summed E-state index contributed by atoms with van der Waals surface area (Å²) in [6.45, 7) is 3.34. The average Bonchev–Trinajstić information content (AvgIpc) is 2.43. The molecule has 4 atom stereocenters. The van der Waals surface area contributed by atoms with Gasteiger partial charge in [0.25, 0.3) is 0 Å². The van der Waals surface area contributed by atoms with Crippen LogP contribution in [0.1, 0.15) is 20.8 Å². The Balaban J connectivity index is 5.56. The van der Waals surface area contributed by atoms with Crippen LogP contribution in [0.5, 0.6) is 0 Å². The zero-order valence-corrected chi connectivity index (χ0v) is 13.7. The van der Waals surface area contributed by atoms with Crippen LogP contribution in [0.2, 0.25) is 0 Å². The predicted octanol–water partition coefficient (Wildman–Crippen LogP) is -0.0335. The highest BCUT2D eigenvalue weighted by Gasteiger charge is 2.41. The molecule has 0 unspecified atom stereocenters. The van der Waals surface area contributed by atoms with Gasteiger partial charge in [-0.25, -0.2) is 0 Å². The Kier molecular flexibility index (Phi) is 9.53. The zero-order valence-electron chi connectivity index (χ0n) is 13.7. The molecule has 0 saturated carbocycles. The molecule has 0 N–H and O–H groups in total. The summed E-state index contributed by atoms with van der Waals surface area (Å²) in [6.07, 6.45) is -4.79. The average molecular weight is 331 g/mol. The molecule has 130 valence electrons. The van der Waals surface area contributed by atoms with Crippen LogP contribution in [-0.2, 0) is 38.1 Å². The minimum absolute atomic E-state index is 0.0753. The normalized spacial score (nSPS) is 15.5. The lowest BCUT2D eigenvalue weighted by Crippen LogP contribution is -2.51. The molecule has 0 aromatic carbocycles. The molecule has 0 radical (unpaired) electrons. The van der Waals surface area contributed by atoms with Crippen LogP contribution in [0.3, 0.4) is 0 Å². The van der Waals surface area contributed by atoms with E-state index in [-0.39, 0.29) is 6.61 Å². The highest BCUT2D eigenvalue weighted by atomic mass is 16.6. The highest BCUT2D eigenvalue weighted by molar-refractivity contribution is 5.68. The largest absolute Gasteiger partial charge is 0.457 e. The van der Waals surface area contributed by atoms with Crippen LogP contribution >= 0.6 is 0 Å². The smallest absolute Gasteiger partial charge is 0.304 e. The summed E-state index contributed by atoms with van der Waals surface area (Å²) in [5.41, 5.74) is 0. The predicted molar refractivity (Wildman–Crippen MR) is 74.9 cm³/mol. The lowest BCUT2D eigenvalue weighted by Gasteiger charge is -2.32. The third kappa shape index (κ3) is 7.58. The number of methoxy groups -OCH3 is 2. The molecule has 0 amide bonds. The zero-order chi connectivity index (χ0) is 18.0. The molecule has 0 aromatic heterocycles. The van der Waals surface area contributed by atoms with Gasteiger partial charge in [0.1, 0.15) is 12.2 Å². The number of esters is 3. The van der Waals surface area contributed by atoms with Gasteiger partial charge in [-0.05, 0) is 0 Å². The minimum atomic E-state index is -1.43. The van der Waals surface area contributed by atoms with E-state index in [1.165, 1.54) is 21.1 Å². The standard InChI is InChI=1S/C14H21NO8/c1-8(16)21-11(6-15)14(23-10(3)18)13(20-5)12(7-19-4)22-9(2)17/h11-14H,7H2,1-5H3/t11-,12-,13-,14-/m1/s1. The number of nitriles is 1. The van der Waals surface area contributed by atoms with Gasteiger partial charge in [-0.1, -0.05) is 0 Å². The second-order valence-electron chi connectivity index (χ2n) is 4.54. The summed E-state index contributed by atoms with van der Waals surface area (Å²) in [7, 11) is 2.65. The van der Waals surface area contributed by atoms with Crippen molar-refractivity contribution in [3.63, 3.8) is 0 Å². The van der Waals surface area contributed by atoms with Gasteiger partial charge in [-0.2, -0.15) is 5.26 Å². The van der Waals surface area contributed by atoms with E-state index in [0.717, 1.165) is 13.8 Å². The Labute approximate surface area is 134 Å². The van der Waals surface area contributed by atoms with Gasteiger partial charge < -0.3 is 23.7 Å². The first-order valence-corrected chi connectivity index (χ1v) is 6.69. The molecule has 0 spiro atoms. The van der Waals surface area contributed by atoms with Gasteiger partial charge in [0.2, 0.25) is 6.10 Å². The molecular formula is C14H21NO8. The third-order valence-corrected chi connectivity index (χ3v) is 2.63. The second-order valence-corrected chi connectivity index (χ2v) is 4.54. The van der Waals surface area contributed by atoms with Crippen LogP contribution in [0.25, 0.3) is 0 Å². The van der Waals surface area contributed by atoms with Crippen LogP contribution in [0, 0.1) is 11.3 Å². The molecule has 0 bridgehead atoms. The maximum absolute atomic E-state index is 11.3. The molecule has 23 heavy (non-hydrogen) atoms. The first-order valence-electron chi connectivity index (χ1n) is 6.69. The van der Waals surface area contributed by atoms with E-state index in [4.69, 9.17) is 23.7 Å². The molecule has 0 heterocycles. The van der Waals surface area contributed by atoms with Gasteiger partial charge in [-0.15, -0.1) is 0 Å². The molecule has 0 aliphatic heterocycles. The minimum Gasteiger partial charge on any atom is -0.457 e. The quantitative estimate of drug-likeness (QED) is 0.423. The lowest BCUT2D eigenvalue weighted by atomic mass is 10.0. The van der Waals surface area contributed by atoms with Crippen molar-refractivity contribution in [3.8, 4) is 6.07 Å². The molecule has 9 heteroatoms. The number of hydrogen-bond donors (Lipinski definition) is 0. The number of rotatable bonds is 9. The van der Waals surface area contributed by atoms with E-state index < -0.39 is 42.3 Å². The topological polar surface area (TPSA) is 121 Å². The fourth-order valence-corrected chi connectivity index (χ4v) is 1.91. The van der Waals surface area contributed by atoms with Crippen LogP contribution in [-0.4, -0.2) is 63.2 Å². The fraction of sp³-hybridized carbons (Fsp3) is 0.714. The number of hydrogen-bond acceptors (Lipinski definition) is 9. The molecule has 0 saturated heterocycles. The van der Waals surface area contributed by atoms with Gasteiger partial charge in [0.15, 0.2) is 12.2 Å². The van der Waals surface area contributed by atoms with Crippen molar-refractivity contribution in [1.29, 1.82) is 5.26 Å². The Hall–Kier alpha value is -2.18. The number of nitrogens with zero attached hydrogens (tertiary/aromatic N) is 1. The van der Waals surface area contributed by atoms with Crippen LogP contribution in [0.4, 0.5) is 0 Å². The Morgan fingerprint density at radius 1 is 0.913 bits per heavy atom. The summed E-state index contributed by atoms with van der Waals surface area (Å²) in [5, 5.41) is 9.18. The fourth-order valence-electron chi connectivity index (χ4n) is 1.91. The number of ether oxygens (including phenoxy) is 5. The monoisotopic (exact) mass is 331 g/mol. The molecule has 0 aliphatic rings. The molecule has 0 fully saturated rings. The highest BCUT2D eigenvalue weighted by Crippen LogP contribution is 2.18. The van der Waals surface area contributed by atoms with E-state index in [1.807, 2.05) is 0 Å². The first-order chi connectivity index (χ1) is 10.8. The van der Waals surface area contributed by atoms with E-state index in [2.05, 4.69) is 0 Å². The van der Waals surface area contributed by atoms with Crippen molar-refractivity contribution in [3.05, 3.63) is 0 Å². The maximum atomic E-state index is 11.3. The van der Waals surface area contributed by atoms with Crippen molar-refractivity contribution < 1.29 is 38.1 Å². The molecule has 9 nitrogen and oxygen atoms in total. The van der Waals surface area contributed by atoms with E-state index in [0.29, 0.717) is 0 Å². The molecule has 0 aromatic rings. The summed E-state index contributed by atoms with van der Waals surface area (Å²) in [5.74, 6) is -2.07. The summed E-state index contributed by atoms with van der Waals surface area (Å²) < 4.78 is 25.1. The van der Waals surface area contributed by atoms with E-state index >= 15 is 0 Å². The Bertz CT molecular complexity index is 458. The Morgan fingerprint density at radius 2 is 1.43 bits per heavy atom. The maximum Gasteiger partial charge on any atom is 0.304 e. The van der Waals surface area contributed by atoms with Gasteiger partial charge in [0.05, 0.1) is 6.61 Å². The van der Waals surface area contributed by atoms with Crippen molar-refractivity contribution in [2.45, 2.75) is 45.2 Å². The van der Waals surface area contributed by atoms with Crippen molar-refractivity contribution in [2.75, 3.05) is 20.8 Å². The number of carbonyl (C=O) groups excluding carboxylic acids is 3. The molecule has 0 rings (SSSR count). The third-order valence-electron chi connectivity index (χ3n) is 2.63. The summed E-state index contributed by atoms with van der Waals surface area (Å²) >= 11 is 0. The van der Waals surface area contributed by atoms with Gasteiger partial charge in [0, 0.05) is 35.0 Å². The first kappa shape index (κ1) is 20.8. The van der Waals surface area contributed by atoms with Crippen molar-refractivity contribution >= 4 is 17.9 Å². The van der Waals surface area contributed by atoms with E-state index in [1.54, 1.807) is 6.07 Å².